The average Bonchev–Trinajstić information content (AvgIpc) is 2.64. The lowest BCUT2D eigenvalue weighted by Crippen LogP contribution is -2.09. The molecule has 0 amide bonds. The molecule has 6 heteroatoms. The van der Waals surface area contributed by atoms with Crippen molar-refractivity contribution in [3.8, 4) is 5.75 Å². The highest BCUT2D eigenvalue weighted by atomic mass is 35.5. The first-order chi connectivity index (χ1) is 12.5. The van der Waals surface area contributed by atoms with E-state index >= 15 is 0 Å². The van der Waals surface area contributed by atoms with Crippen LogP contribution in [0, 0.1) is 0 Å². The lowest BCUT2D eigenvalue weighted by molar-refractivity contribution is 0.320. The Hall–Kier alpha value is -2.24. The third kappa shape index (κ3) is 3.94. The monoisotopic (exact) mass is 389 g/mol. The Kier molecular flexibility index (Phi) is 5.69. The van der Waals surface area contributed by atoms with Gasteiger partial charge in [0.15, 0.2) is 9.84 Å². The zero-order valence-electron chi connectivity index (χ0n) is 14.2. The van der Waals surface area contributed by atoms with Crippen molar-refractivity contribution in [2.45, 2.75) is 17.1 Å². The van der Waals surface area contributed by atoms with Crippen molar-refractivity contribution in [2.75, 3.05) is 18.2 Å². The maximum atomic E-state index is 13.0. The number of hydrogen-bond acceptors (Lipinski definition) is 4. The molecular formula is C20H20ClNO3S. The van der Waals surface area contributed by atoms with E-state index in [9.17, 15) is 8.42 Å². The Bertz CT molecular complexity index is 1010. The van der Waals surface area contributed by atoms with E-state index in [2.05, 4.69) is 0 Å². The molecule has 0 unspecified atom stereocenters. The summed E-state index contributed by atoms with van der Waals surface area (Å²) in [6.45, 7) is 0.438. The lowest BCUT2D eigenvalue weighted by Gasteiger charge is -2.13. The third-order valence-corrected chi connectivity index (χ3v) is 6.11. The SMILES string of the molecule is Nc1c(CS(=O)(=O)c2cccc3ccccc23)cccc1OCCCCl. The summed E-state index contributed by atoms with van der Waals surface area (Å²) in [6.07, 6.45) is 0.694. The number of hydrogen-bond donors (Lipinski definition) is 1. The number of ether oxygens (including phenoxy) is 1. The zero-order valence-corrected chi connectivity index (χ0v) is 15.8. The van der Waals surface area contributed by atoms with Gasteiger partial charge in [0.1, 0.15) is 5.75 Å². The first kappa shape index (κ1) is 18.5. The van der Waals surface area contributed by atoms with E-state index in [1.165, 1.54) is 0 Å². The summed E-state index contributed by atoms with van der Waals surface area (Å²) in [4.78, 5) is 0.309. The van der Waals surface area contributed by atoms with Crippen LogP contribution in [-0.2, 0) is 15.6 Å². The molecule has 136 valence electrons. The minimum absolute atomic E-state index is 0.181. The molecule has 26 heavy (non-hydrogen) atoms. The number of alkyl halides is 1. The van der Waals surface area contributed by atoms with Gasteiger partial charge in [-0.25, -0.2) is 8.42 Å². The van der Waals surface area contributed by atoms with Gasteiger partial charge in [0, 0.05) is 11.3 Å². The van der Waals surface area contributed by atoms with Crippen LogP contribution in [0.5, 0.6) is 5.75 Å². The fourth-order valence-electron chi connectivity index (χ4n) is 2.83. The van der Waals surface area contributed by atoms with Gasteiger partial charge >= 0.3 is 0 Å². The second-order valence-corrected chi connectivity index (χ2v) is 8.29. The van der Waals surface area contributed by atoms with Gasteiger partial charge < -0.3 is 10.5 Å². The van der Waals surface area contributed by atoms with E-state index in [0.29, 0.717) is 46.2 Å². The van der Waals surface area contributed by atoms with E-state index in [1.807, 2.05) is 30.3 Å². The maximum Gasteiger partial charge on any atom is 0.183 e. The van der Waals surface area contributed by atoms with Crippen molar-refractivity contribution in [3.63, 3.8) is 0 Å². The molecule has 0 radical (unpaired) electrons. The van der Waals surface area contributed by atoms with Crippen molar-refractivity contribution >= 4 is 37.9 Å². The van der Waals surface area contributed by atoms with Gasteiger partial charge in [-0.3, -0.25) is 0 Å². The quantitative estimate of drug-likeness (QED) is 0.369. The third-order valence-electron chi connectivity index (χ3n) is 4.12. The molecule has 0 bridgehead atoms. The second-order valence-electron chi connectivity index (χ2n) is 5.96. The first-order valence-corrected chi connectivity index (χ1v) is 10.5. The van der Waals surface area contributed by atoms with Crippen LogP contribution in [0.3, 0.4) is 0 Å². The minimum Gasteiger partial charge on any atom is -0.491 e. The number of para-hydroxylation sites is 1. The summed E-state index contributed by atoms with van der Waals surface area (Å²) in [5.41, 5.74) is 7.02. The highest BCUT2D eigenvalue weighted by Crippen LogP contribution is 2.30. The molecule has 0 saturated carbocycles. The largest absolute Gasteiger partial charge is 0.491 e. The molecule has 0 atom stereocenters. The van der Waals surface area contributed by atoms with Crippen molar-refractivity contribution in [2.24, 2.45) is 0 Å². The van der Waals surface area contributed by atoms with Crippen LogP contribution in [0.25, 0.3) is 10.8 Å². The summed E-state index contributed by atoms with van der Waals surface area (Å²) in [7, 11) is -3.56. The molecule has 0 spiro atoms. The summed E-state index contributed by atoms with van der Waals surface area (Å²) in [5, 5.41) is 1.60. The highest BCUT2D eigenvalue weighted by Gasteiger charge is 2.20. The number of sulfone groups is 1. The standard InChI is InChI=1S/C20H20ClNO3S/c21-12-5-13-25-18-10-3-8-16(20(18)22)14-26(23,24)19-11-4-7-15-6-1-2-9-17(15)19/h1-4,6-11H,5,12-14,22H2. The Balaban J connectivity index is 1.94. The molecule has 0 aliphatic rings. The van der Waals surface area contributed by atoms with Crippen molar-refractivity contribution in [3.05, 3.63) is 66.2 Å². The number of rotatable bonds is 7. The summed E-state index contributed by atoms with van der Waals surface area (Å²) < 4.78 is 31.7. The number of fused-ring (bicyclic) bond motifs is 1. The Labute approximate surface area is 158 Å². The Morgan fingerprint density at radius 2 is 1.69 bits per heavy atom. The molecule has 4 nitrogen and oxygen atoms in total. The second kappa shape index (κ2) is 7.98. The number of benzene rings is 3. The van der Waals surface area contributed by atoms with E-state index in [0.717, 1.165) is 5.39 Å². The van der Waals surface area contributed by atoms with Gasteiger partial charge in [-0.2, -0.15) is 0 Å². The normalized spacial score (nSPS) is 11.6. The van der Waals surface area contributed by atoms with Gasteiger partial charge in [0.25, 0.3) is 0 Å². The van der Waals surface area contributed by atoms with Gasteiger partial charge in [-0.1, -0.05) is 48.5 Å². The molecule has 2 N–H and O–H groups in total. The fourth-order valence-corrected chi connectivity index (χ4v) is 4.56. The van der Waals surface area contributed by atoms with Crippen LogP contribution in [-0.4, -0.2) is 20.9 Å². The summed E-state index contributed by atoms with van der Waals surface area (Å²) in [5.74, 6) is 0.801. The minimum atomic E-state index is -3.56. The Morgan fingerprint density at radius 3 is 2.50 bits per heavy atom. The van der Waals surface area contributed by atoms with Crippen LogP contribution in [0.1, 0.15) is 12.0 Å². The van der Waals surface area contributed by atoms with Gasteiger partial charge in [0.2, 0.25) is 0 Å². The number of nitrogen functional groups attached to an aromatic ring is 1. The number of halogens is 1. The van der Waals surface area contributed by atoms with Crippen molar-refractivity contribution in [1.82, 2.24) is 0 Å². The Morgan fingerprint density at radius 1 is 0.962 bits per heavy atom. The number of nitrogens with two attached hydrogens (primary N) is 1. The molecule has 0 heterocycles. The molecule has 3 rings (SSSR count). The smallest absolute Gasteiger partial charge is 0.183 e. The zero-order chi connectivity index (χ0) is 18.6. The van der Waals surface area contributed by atoms with E-state index in [-0.39, 0.29) is 5.75 Å². The predicted molar refractivity (Wildman–Crippen MR) is 107 cm³/mol. The topological polar surface area (TPSA) is 69.4 Å². The van der Waals surface area contributed by atoms with Crippen molar-refractivity contribution < 1.29 is 13.2 Å². The molecule has 0 aromatic heterocycles. The molecule has 0 saturated heterocycles. The van der Waals surface area contributed by atoms with Crippen LogP contribution < -0.4 is 10.5 Å². The van der Waals surface area contributed by atoms with Crippen molar-refractivity contribution in [1.29, 1.82) is 0 Å². The molecular weight excluding hydrogens is 370 g/mol. The maximum absolute atomic E-state index is 13.0. The molecule has 3 aromatic rings. The predicted octanol–water partition coefficient (Wildman–Crippen LogP) is 4.40. The van der Waals surface area contributed by atoms with Gasteiger partial charge in [-0.15, -0.1) is 11.6 Å². The molecule has 0 fully saturated rings. The van der Waals surface area contributed by atoms with E-state index in [1.54, 1.807) is 30.3 Å². The molecule has 3 aromatic carbocycles. The van der Waals surface area contributed by atoms with E-state index < -0.39 is 9.84 Å². The lowest BCUT2D eigenvalue weighted by atomic mass is 10.1. The van der Waals surface area contributed by atoms with Crippen LogP contribution >= 0.6 is 11.6 Å². The van der Waals surface area contributed by atoms with Crippen LogP contribution in [0.15, 0.2) is 65.6 Å². The fraction of sp³-hybridized carbons (Fsp3) is 0.200. The highest BCUT2D eigenvalue weighted by molar-refractivity contribution is 7.90. The van der Waals surface area contributed by atoms with Gasteiger partial charge in [0.05, 0.1) is 22.9 Å². The number of anilines is 1. The van der Waals surface area contributed by atoms with Crippen LogP contribution in [0.2, 0.25) is 0 Å². The molecule has 0 aliphatic heterocycles. The van der Waals surface area contributed by atoms with E-state index in [4.69, 9.17) is 22.1 Å². The average molecular weight is 390 g/mol. The van der Waals surface area contributed by atoms with Gasteiger partial charge in [-0.05, 0) is 29.5 Å². The summed E-state index contributed by atoms with van der Waals surface area (Å²) in [6, 6.07) is 17.9. The molecule has 0 aliphatic carbocycles. The first-order valence-electron chi connectivity index (χ1n) is 8.29. The summed E-state index contributed by atoms with van der Waals surface area (Å²) >= 11 is 5.65. The van der Waals surface area contributed by atoms with Crippen LogP contribution in [0.4, 0.5) is 5.69 Å².